The molecule has 4 heterocycles. The highest BCUT2D eigenvalue weighted by atomic mass is 127. The molecule has 0 radical (unpaired) electrons. The van der Waals surface area contributed by atoms with Gasteiger partial charge in [0, 0.05) is 25.1 Å². The molecule has 0 aliphatic carbocycles. The van der Waals surface area contributed by atoms with Gasteiger partial charge >= 0.3 is 6.09 Å². The van der Waals surface area contributed by atoms with Crippen molar-refractivity contribution in [1.29, 1.82) is 0 Å². The lowest BCUT2D eigenvalue weighted by Gasteiger charge is -2.34. The summed E-state index contributed by atoms with van der Waals surface area (Å²) in [7, 11) is 0. The lowest BCUT2D eigenvalue weighted by atomic mass is 9.94. The van der Waals surface area contributed by atoms with E-state index >= 15 is 0 Å². The van der Waals surface area contributed by atoms with Crippen LogP contribution >= 0.6 is 34.1 Å². The van der Waals surface area contributed by atoms with Crippen LogP contribution in [0.15, 0.2) is 18.3 Å². The largest absolute Gasteiger partial charge is 0.444 e. The van der Waals surface area contributed by atoms with Gasteiger partial charge in [-0.15, -0.1) is 0 Å². The summed E-state index contributed by atoms with van der Waals surface area (Å²) in [4.78, 5) is 19.3. The van der Waals surface area contributed by atoms with E-state index < -0.39 is 5.60 Å². The number of nitrogens with zero attached hydrogens (tertiary/aromatic N) is 5. The highest BCUT2D eigenvalue weighted by Gasteiger charge is 2.29. The second-order valence-corrected chi connectivity index (χ2v) is 10.5. The highest BCUT2D eigenvalue weighted by Crippen LogP contribution is 2.31. The second-order valence-electron chi connectivity index (χ2n) is 8.52. The lowest BCUT2D eigenvalue weighted by Crippen LogP contribution is -2.42. The molecule has 1 aliphatic rings. The summed E-state index contributed by atoms with van der Waals surface area (Å²) in [6, 6.07) is 4.05. The standard InChI is InChI=1S/C20H25IN6O2S/c1-12-8-17(30-25-12)24-16-9-15(23-18-14(21)10-22-27(16)18)13-6-5-7-26(11-13)19(28)29-20(2,3)4/h8-10,13,24H,5-7,11H2,1-4H3. The molecule has 0 spiro atoms. The molecule has 1 atom stereocenters. The van der Waals surface area contributed by atoms with E-state index in [1.165, 1.54) is 11.5 Å². The lowest BCUT2D eigenvalue weighted by molar-refractivity contribution is 0.0197. The Hall–Kier alpha value is -1.95. The molecule has 1 unspecified atom stereocenters. The van der Waals surface area contributed by atoms with Crippen LogP contribution in [0, 0.1) is 10.5 Å². The van der Waals surface area contributed by atoms with Crippen LogP contribution < -0.4 is 5.32 Å². The summed E-state index contributed by atoms with van der Waals surface area (Å²) in [6.07, 6.45) is 3.45. The number of hydrogen-bond acceptors (Lipinski definition) is 7. The predicted octanol–water partition coefficient (Wildman–Crippen LogP) is 4.96. The third-order valence-corrected chi connectivity index (χ3v) is 6.38. The zero-order valence-corrected chi connectivity index (χ0v) is 20.5. The van der Waals surface area contributed by atoms with Crippen LogP contribution in [0.1, 0.15) is 50.9 Å². The fourth-order valence-electron chi connectivity index (χ4n) is 3.51. The summed E-state index contributed by atoms with van der Waals surface area (Å²) in [6.45, 7) is 8.96. The maximum atomic E-state index is 12.6. The molecule has 0 aromatic carbocycles. The number of piperidine rings is 1. The van der Waals surface area contributed by atoms with Crippen molar-refractivity contribution in [1.82, 2.24) is 23.9 Å². The zero-order valence-electron chi connectivity index (χ0n) is 17.5. The molecular weight excluding hydrogens is 515 g/mol. The number of fused-ring (bicyclic) bond motifs is 1. The minimum atomic E-state index is -0.501. The van der Waals surface area contributed by atoms with Crippen LogP contribution in [0.25, 0.3) is 5.65 Å². The van der Waals surface area contributed by atoms with Crippen molar-refractivity contribution >= 4 is 56.7 Å². The third kappa shape index (κ3) is 4.69. The van der Waals surface area contributed by atoms with Crippen LogP contribution in [0.5, 0.6) is 0 Å². The Bertz CT molecular complexity index is 1070. The van der Waals surface area contributed by atoms with Crippen molar-refractivity contribution in [3.8, 4) is 0 Å². The number of aromatic nitrogens is 4. The van der Waals surface area contributed by atoms with Crippen molar-refractivity contribution in [2.45, 2.75) is 52.1 Å². The van der Waals surface area contributed by atoms with Gasteiger partial charge in [0.25, 0.3) is 0 Å². The fraction of sp³-hybridized carbons (Fsp3) is 0.500. The summed E-state index contributed by atoms with van der Waals surface area (Å²) < 4.78 is 12.7. The van der Waals surface area contributed by atoms with Crippen molar-refractivity contribution < 1.29 is 9.53 Å². The Morgan fingerprint density at radius 3 is 2.87 bits per heavy atom. The summed E-state index contributed by atoms with van der Waals surface area (Å²) in [5.41, 5.74) is 2.24. The molecule has 3 aromatic heterocycles. The van der Waals surface area contributed by atoms with E-state index in [0.29, 0.717) is 13.1 Å². The average Bonchev–Trinajstić information content (AvgIpc) is 3.26. The number of aryl methyl sites for hydroxylation is 1. The molecular formula is C20H25IN6O2S. The van der Waals surface area contributed by atoms with Crippen LogP contribution in [0.4, 0.5) is 15.6 Å². The number of anilines is 2. The van der Waals surface area contributed by atoms with Crippen LogP contribution in [0.3, 0.4) is 0 Å². The van der Waals surface area contributed by atoms with E-state index in [0.717, 1.165) is 44.3 Å². The monoisotopic (exact) mass is 540 g/mol. The first-order chi connectivity index (χ1) is 14.2. The Kier molecular flexibility index (Phi) is 5.88. The number of nitrogens with one attached hydrogen (secondary N) is 1. The molecule has 1 amide bonds. The number of carbonyl (C=O) groups is 1. The van der Waals surface area contributed by atoms with Gasteiger partial charge in [0.1, 0.15) is 16.4 Å². The third-order valence-electron chi connectivity index (χ3n) is 4.82. The molecule has 10 heteroatoms. The van der Waals surface area contributed by atoms with Gasteiger partial charge in [-0.2, -0.15) is 14.0 Å². The zero-order chi connectivity index (χ0) is 21.5. The first-order valence-electron chi connectivity index (χ1n) is 9.92. The van der Waals surface area contributed by atoms with Crippen molar-refractivity contribution in [2.75, 3.05) is 18.4 Å². The van der Waals surface area contributed by atoms with E-state index in [2.05, 4.69) is 37.4 Å². The number of likely N-dealkylation sites (tertiary alicyclic amines) is 1. The molecule has 0 saturated carbocycles. The first-order valence-corrected chi connectivity index (χ1v) is 11.8. The van der Waals surface area contributed by atoms with Gasteiger partial charge < -0.3 is 15.0 Å². The van der Waals surface area contributed by atoms with Gasteiger partial charge in [0.2, 0.25) is 0 Å². The molecule has 1 fully saturated rings. The fourth-order valence-corrected chi connectivity index (χ4v) is 4.65. The summed E-state index contributed by atoms with van der Waals surface area (Å²) in [5, 5.41) is 8.86. The van der Waals surface area contributed by atoms with Gasteiger partial charge in [-0.3, -0.25) is 0 Å². The van der Waals surface area contributed by atoms with Crippen LogP contribution in [-0.4, -0.2) is 48.7 Å². The molecule has 8 nitrogen and oxygen atoms in total. The van der Waals surface area contributed by atoms with E-state index in [-0.39, 0.29) is 12.0 Å². The number of rotatable bonds is 3. The first kappa shape index (κ1) is 21.3. The minimum Gasteiger partial charge on any atom is -0.444 e. The van der Waals surface area contributed by atoms with E-state index in [9.17, 15) is 4.79 Å². The quantitative estimate of drug-likeness (QED) is 0.473. The molecule has 1 N–H and O–H groups in total. The highest BCUT2D eigenvalue weighted by molar-refractivity contribution is 14.1. The molecule has 1 aliphatic heterocycles. The van der Waals surface area contributed by atoms with Gasteiger partial charge in [0.15, 0.2) is 5.65 Å². The van der Waals surface area contributed by atoms with Crippen molar-refractivity contribution in [3.05, 3.63) is 33.3 Å². The van der Waals surface area contributed by atoms with Gasteiger partial charge in [0.05, 0.1) is 21.2 Å². The number of halogens is 1. The Morgan fingerprint density at radius 1 is 1.37 bits per heavy atom. The molecule has 0 bridgehead atoms. The normalized spacial score (nSPS) is 17.4. The van der Waals surface area contributed by atoms with Crippen LogP contribution in [0.2, 0.25) is 0 Å². The Morgan fingerprint density at radius 2 is 2.17 bits per heavy atom. The number of hydrogen-bond donors (Lipinski definition) is 1. The number of ether oxygens (including phenoxy) is 1. The summed E-state index contributed by atoms with van der Waals surface area (Å²) >= 11 is 3.67. The van der Waals surface area contributed by atoms with Crippen molar-refractivity contribution in [2.24, 2.45) is 0 Å². The average molecular weight is 540 g/mol. The number of amides is 1. The number of carbonyl (C=O) groups excluding carboxylic acids is 1. The van der Waals surface area contributed by atoms with E-state index in [4.69, 9.17) is 9.72 Å². The van der Waals surface area contributed by atoms with Crippen molar-refractivity contribution in [3.63, 3.8) is 0 Å². The van der Waals surface area contributed by atoms with Gasteiger partial charge in [-0.25, -0.2) is 9.78 Å². The molecule has 30 heavy (non-hydrogen) atoms. The van der Waals surface area contributed by atoms with Gasteiger partial charge in [-0.1, -0.05) is 0 Å². The predicted molar refractivity (Wildman–Crippen MR) is 126 cm³/mol. The van der Waals surface area contributed by atoms with Crippen LogP contribution in [-0.2, 0) is 4.74 Å². The smallest absolute Gasteiger partial charge is 0.410 e. The molecule has 160 valence electrons. The topological polar surface area (TPSA) is 84.7 Å². The maximum absolute atomic E-state index is 12.6. The molecule has 4 rings (SSSR count). The maximum Gasteiger partial charge on any atom is 0.410 e. The Balaban J connectivity index is 1.63. The SMILES string of the molecule is Cc1cc(Nc2cc(C3CCCN(C(=O)OC(C)(C)C)C3)nc3c(I)cnn23)sn1. The Labute approximate surface area is 193 Å². The van der Waals surface area contributed by atoms with Gasteiger partial charge in [-0.05, 0) is 80.7 Å². The summed E-state index contributed by atoms with van der Waals surface area (Å²) in [5.74, 6) is 0.988. The van der Waals surface area contributed by atoms with E-state index in [1.54, 1.807) is 4.90 Å². The molecule has 1 saturated heterocycles. The molecule has 3 aromatic rings. The minimum absolute atomic E-state index is 0.144. The second kappa shape index (κ2) is 8.29. The van der Waals surface area contributed by atoms with E-state index in [1.807, 2.05) is 50.5 Å².